The van der Waals surface area contributed by atoms with Gasteiger partial charge in [0, 0.05) is 5.69 Å². The number of halogens is 2. The van der Waals surface area contributed by atoms with Crippen molar-refractivity contribution in [3.63, 3.8) is 0 Å². The maximum atomic E-state index is 13.1. The summed E-state index contributed by atoms with van der Waals surface area (Å²) in [7, 11) is 0. The first-order chi connectivity index (χ1) is 5.52. The molecule has 0 aliphatic carbocycles. The van der Waals surface area contributed by atoms with Crippen molar-refractivity contribution in [2.24, 2.45) is 0 Å². The van der Waals surface area contributed by atoms with Crippen molar-refractivity contribution >= 4 is 21.6 Å². The Morgan fingerprint density at radius 2 is 2.00 bits per heavy atom. The van der Waals surface area contributed by atoms with Crippen molar-refractivity contribution in [1.82, 2.24) is 0 Å². The van der Waals surface area contributed by atoms with Gasteiger partial charge in [-0.2, -0.15) is 0 Å². The zero-order valence-corrected chi connectivity index (χ0v) is 8.65. The predicted octanol–water partition coefficient (Wildman–Crippen LogP) is 3.29. The zero-order valence-electron chi connectivity index (χ0n) is 7.07. The minimum absolute atomic E-state index is 0.293. The van der Waals surface area contributed by atoms with Gasteiger partial charge in [0.15, 0.2) is 0 Å². The Hall–Kier alpha value is -0.570. The molecule has 0 saturated carbocycles. The molecule has 0 heterocycles. The SMILES string of the molecule is CC(C)c1cc(N)c(Br)c(F)c1. The summed E-state index contributed by atoms with van der Waals surface area (Å²) in [6.07, 6.45) is 0. The highest BCUT2D eigenvalue weighted by Crippen LogP contribution is 2.27. The maximum absolute atomic E-state index is 13.1. The lowest BCUT2D eigenvalue weighted by atomic mass is 10.0. The van der Waals surface area contributed by atoms with Gasteiger partial charge in [-0.05, 0) is 39.5 Å². The van der Waals surface area contributed by atoms with Crippen molar-refractivity contribution < 1.29 is 4.39 Å². The number of nitrogen functional groups attached to an aromatic ring is 1. The first-order valence-electron chi connectivity index (χ1n) is 3.76. The molecular formula is C9H11BrFN. The fourth-order valence-corrected chi connectivity index (χ4v) is 1.19. The Kier molecular flexibility index (Phi) is 2.73. The van der Waals surface area contributed by atoms with Crippen LogP contribution in [0.4, 0.5) is 10.1 Å². The van der Waals surface area contributed by atoms with E-state index in [9.17, 15) is 4.39 Å². The summed E-state index contributed by atoms with van der Waals surface area (Å²) in [4.78, 5) is 0. The van der Waals surface area contributed by atoms with Crippen LogP contribution in [0.3, 0.4) is 0 Å². The van der Waals surface area contributed by atoms with Crippen LogP contribution in [0.2, 0.25) is 0 Å². The van der Waals surface area contributed by atoms with Crippen LogP contribution >= 0.6 is 15.9 Å². The van der Waals surface area contributed by atoms with Gasteiger partial charge in [-0.25, -0.2) is 4.39 Å². The maximum Gasteiger partial charge on any atom is 0.139 e. The second-order valence-corrected chi connectivity index (χ2v) is 3.85. The highest BCUT2D eigenvalue weighted by Gasteiger charge is 2.07. The third-order valence-corrected chi connectivity index (χ3v) is 2.58. The average molecular weight is 232 g/mol. The number of rotatable bonds is 1. The van der Waals surface area contributed by atoms with Crippen molar-refractivity contribution in [1.29, 1.82) is 0 Å². The molecule has 0 unspecified atom stereocenters. The molecule has 66 valence electrons. The van der Waals surface area contributed by atoms with E-state index in [1.807, 2.05) is 13.8 Å². The largest absolute Gasteiger partial charge is 0.398 e. The molecule has 0 aliphatic rings. The number of anilines is 1. The molecular weight excluding hydrogens is 221 g/mol. The van der Waals surface area contributed by atoms with Gasteiger partial charge in [0.25, 0.3) is 0 Å². The second kappa shape index (κ2) is 3.44. The molecule has 0 aliphatic heterocycles. The van der Waals surface area contributed by atoms with E-state index in [1.54, 1.807) is 6.07 Å². The van der Waals surface area contributed by atoms with Crippen LogP contribution in [-0.4, -0.2) is 0 Å². The number of hydrogen-bond acceptors (Lipinski definition) is 1. The number of hydrogen-bond donors (Lipinski definition) is 1. The van der Waals surface area contributed by atoms with Gasteiger partial charge < -0.3 is 5.73 Å². The molecule has 0 spiro atoms. The smallest absolute Gasteiger partial charge is 0.139 e. The van der Waals surface area contributed by atoms with E-state index in [0.717, 1.165) is 5.56 Å². The quantitative estimate of drug-likeness (QED) is 0.738. The summed E-state index contributed by atoms with van der Waals surface area (Å²) in [5.41, 5.74) is 6.95. The third-order valence-electron chi connectivity index (χ3n) is 1.75. The molecule has 0 fully saturated rings. The zero-order chi connectivity index (χ0) is 9.30. The first-order valence-corrected chi connectivity index (χ1v) is 4.56. The van der Waals surface area contributed by atoms with Crippen LogP contribution in [-0.2, 0) is 0 Å². The molecule has 1 nitrogen and oxygen atoms in total. The van der Waals surface area contributed by atoms with Crippen LogP contribution in [0, 0.1) is 5.82 Å². The van der Waals surface area contributed by atoms with E-state index >= 15 is 0 Å². The van der Waals surface area contributed by atoms with Gasteiger partial charge in [0.2, 0.25) is 0 Å². The molecule has 0 saturated heterocycles. The third kappa shape index (κ3) is 1.78. The van der Waals surface area contributed by atoms with Gasteiger partial charge in [-0.1, -0.05) is 13.8 Å². The van der Waals surface area contributed by atoms with Crippen LogP contribution in [0.1, 0.15) is 25.3 Å². The van der Waals surface area contributed by atoms with Crippen molar-refractivity contribution in [2.75, 3.05) is 5.73 Å². The monoisotopic (exact) mass is 231 g/mol. The van der Waals surface area contributed by atoms with E-state index in [2.05, 4.69) is 15.9 Å². The molecule has 1 aromatic carbocycles. The van der Waals surface area contributed by atoms with E-state index in [1.165, 1.54) is 6.07 Å². The van der Waals surface area contributed by atoms with Gasteiger partial charge in [0.05, 0.1) is 4.47 Å². The topological polar surface area (TPSA) is 26.0 Å². The van der Waals surface area contributed by atoms with Gasteiger partial charge in [0.1, 0.15) is 5.82 Å². The Morgan fingerprint density at radius 1 is 1.42 bits per heavy atom. The fraction of sp³-hybridized carbons (Fsp3) is 0.333. The first kappa shape index (κ1) is 9.52. The molecule has 0 aromatic heterocycles. The minimum atomic E-state index is -0.293. The lowest BCUT2D eigenvalue weighted by molar-refractivity contribution is 0.617. The normalized spacial score (nSPS) is 10.8. The van der Waals surface area contributed by atoms with E-state index in [-0.39, 0.29) is 5.82 Å². The van der Waals surface area contributed by atoms with Gasteiger partial charge >= 0.3 is 0 Å². The second-order valence-electron chi connectivity index (χ2n) is 3.06. The predicted molar refractivity (Wildman–Crippen MR) is 52.6 cm³/mol. The Morgan fingerprint density at radius 3 is 2.42 bits per heavy atom. The molecule has 0 bridgehead atoms. The van der Waals surface area contributed by atoms with E-state index in [0.29, 0.717) is 16.1 Å². The Balaban J connectivity index is 3.21. The highest BCUT2D eigenvalue weighted by molar-refractivity contribution is 9.10. The molecule has 12 heavy (non-hydrogen) atoms. The Bertz CT molecular complexity index is 274. The van der Waals surface area contributed by atoms with Gasteiger partial charge in [-0.3, -0.25) is 0 Å². The van der Waals surface area contributed by atoms with Crippen molar-refractivity contribution in [3.05, 3.63) is 28.0 Å². The number of benzene rings is 1. The van der Waals surface area contributed by atoms with Crippen LogP contribution in [0.25, 0.3) is 0 Å². The fourth-order valence-electron chi connectivity index (χ4n) is 0.965. The molecule has 0 radical (unpaired) electrons. The molecule has 3 heteroatoms. The lowest BCUT2D eigenvalue weighted by Gasteiger charge is -2.08. The summed E-state index contributed by atoms with van der Waals surface area (Å²) >= 11 is 3.06. The molecule has 2 N–H and O–H groups in total. The lowest BCUT2D eigenvalue weighted by Crippen LogP contribution is -1.95. The number of nitrogens with two attached hydrogens (primary N) is 1. The summed E-state index contributed by atoms with van der Waals surface area (Å²) < 4.78 is 13.4. The van der Waals surface area contributed by atoms with E-state index in [4.69, 9.17) is 5.73 Å². The molecule has 0 atom stereocenters. The highest BCUT2D eigenvalue weighted by atomic mass is 79.9. The van der Waals surface area contributed by atoms with Crippen LogP contribution in [0.5, 0.6) is 0 Å². The summed E-state index contributed by atoms with van der Waals surface area (Å²) in [6.45, 7) is 4.00. The van der Waals surface area contributed by atoms with Crippen molar-refractivity contribution in [2.45, 2.75) is 19.8 Å². The summed E-state index contributed by atoms with van der Waals surface area (Å²) in [6, 6.07) is 3.29. The average Bonchev–Trinajstić information content (AvgIpc) is 1.99. The van der Waals surface area contributed by atoms with Crippen molar-refractivity contribution in [3.8, 4) is 0 Å². The molecule has 1 aromatic rings. The Labute approximate surface area is 79.9 Å². The minimum Gasteiger partial charge on any atom is -0.398 e. The molecule has 1 rings (SSSR count). The standard InChI is InChI=1S/C9H11BrFN/c1-5(2)6-3-7(11)9(10)8(12)4-6/h3-5H,12H2,1-2H3. The van der Waals surface area contributed by atoms with Crippen LogP contribution < -0.4 is 5.73 Å². The summed E-state index contributed by atoms with van der Waals surface area (Å²) in [5, 5.41) is 0. The summed E-state index contributed by atoms with van der Waals surface area (Å²) in [5.74, 6) is 0.00796. The van der Waals surface area contributed by atoms with Gasteiger partial charge in [-0.15, -0.1) is 0 Å². The van der Waals surface area contributed by atoms with Crippen LogP contribution in [0.15, 0.2) is 16.6 Å². The van der Waals surface area contributed by atoms with E-state index < -0.39 is 0 Å². The molecule has 0 amide bonds.